The number of nitrogens with zero attached hydrogens (tertiary/aromatic N) is 1. The van der Waals surface area contributed by atoms with E-state index in [4.69, 9.17) is 9.47 Å². The maximum Gasteiger partial charge on any atom is 0.134 e. The number of hydrogen-bond donors (Lipinski definition) is 0. The Morgan fingerprint density at radius 3 is 2.29 bits per heavy atom. The van der Waals surface area contributed by atoms with Crippen LogP contribution in [0.1, 0.15) is 105 Å². The molecule has 1 rings (SSSR count). The molecule has 0 N–H and O–H groups in total. The quantitative estimate of drug-likeness (QED) is 0.208. The van der Waals surface area contributed by atoms with Crippen molar-refractivity contribution in [3.8, 4) is 0 Å². The highest BCUT2D eigenvalue weighted by molar-refractivity contribution is 5.09. The van der Waals surface area contributed by atoms with Gasteiger partial charge < -0.3 is 9.47 Å². The highest BCUT2D eigenvalue weighted by atomic mass is 16.5. The van der Waals surface area contributed by atoms with Crippen molar-refractivity contribution in [1.82, 2.24) is 4.90 Å². The molecule has 0 aromatic heterocycles. The smallest absolute Gasteiger partial charge is 0.134 e. The van der Waals surface area contributed by atoms with Crippen molar-refractivity contribution < 1.29 is 9.47 Å². The Labute approximate surface area is 176 Å². The van der Waals surface area contributed by atoms with E-state index >= 15 is 0 Å². The second-order valence-electron chi connectivity index (χ2n) is 8.73. The molecule has 28 heavy (non-hydrogen) atoms. The second kappa shape index (κ2) is 15.3. The monoisotopic (exact) mass is 395 g/mol. The van der Waals surface area contributed by atoms with Crippen LogP contribution in [0, 0.1) is 5.41 Å². The molecule has 166 valence electrons. The molecule has 1 saturated heterocycles. The van der Waals surface area contributed by atoms with Crippen molar-refractivity contribution in [2.75, 3.05) is 33.4 Å². The summed E-state index contributed by atoms with van der Waals surface area (Å²) in [6.07, 6.45) is 17.7. The summed E-state index contributed by atoms with van der Waals surface area (Å²) in [7, 11) is 1.81. The maximum atomic E-state index is 6.79. The predicted octanol–water partition coefficient (Wildman–Crippen LogP) is 6.96. The summed E-state index contributed by atoms with van der Waals surface area (Å²) in [5.41, 5.74) is 0.201. The van der Waals surface area contributed by atoms with Gasteiger partial charge >= 0.3 is 0 Å². The van der Waals surface area contributed by atoms with Gasteiger partial charge in [0.25, 0.3) is 0 Å². The molecule has 3 heteroatoms. The first-order valence-electron chi connectivity index (χ1n) is 12.2. The molecule has 0 aromatic rings. The van der Waals surface area contributed by atoms with Gasteiger partial charge in [-0.05, 0) is 57.7 Å². The van der Waals surface area contributed by atoms with E-state index in [1.807, 2.05) is 0 Å². The molecule has 0 amide bonds. The van der Waals surface area contributed by atoms with Gasteiger partial charge in [0, 0.05) is 19.1 Å². The van der Waals surface area contributed by atoms with Crippen molar-refractivity contribution in [2.24, 2.45) is 5.41 Å². The van der Waals surface area contributed by atoms with E-state index in [0.717, 1.165) is 13.0 Å². The fourth-order valence-electron chi connectivity index (χ4n) is 4.76. The number of likely N-dealkylation sites (tertiary alicyclic amines) is 1. The molecule has 0 bridgehead atoms. The number of unbranched alkanes of at least 4 members (excludes halogenated alkanes) is 3. The summed E-state index contributed by atoms with van der Waals surface area (Å²) < 4.78 is 12.4. The summed E-state index contributed by atoms with van der Waals surface area (Å²) in [5.74, 6) is 1.26. The molecule has 3 nitrogen and oxygen atoms in total. The lowest BCUT2D eigenvalue weighted by Gasteiger charge is -2.38. The van der Waals surface area contributed by atoms with Crippen LogP contribution in [0.15, 0.2) is 11.8 Å². The van der Waals surface area contributed by atoms with E-state index in [9.17, 15) is 0 Å². The third kappa shape index (κ3) is 8.86. The highest BCUT2D eigenvalue weighted by Crippen LogP contribution is 2.43. The van der Waals surface area contributed by atoms with Crippen LogP contribution in [0.25, 0.3) is 0 Å². The van der Waals surface area contributed by atoms with E-state index in [-0.39, 0.29) is 11.5 Å². The Balaban J connectivity index is 2.90. The molecule has 1 fully saturated rings. The van der Waals surface area contributed by atoms with Crippen LogP contribution in [0.5, 0.6) is 0 Å². The Morgan fingerprint density at radius 2 is 1.71 bits per heavy atom. The van der Waals surface area contributed by atoms with Gasteiger partial charge in [-0.1, -0.05) is 66.2 Å². The normalized spacial score (nSPS) is 19.4. The summed E-state index contributed by atoms with van der Waals surface area (Å²) in [5, 5.41) is 0. The largest absolute Gasteiger partial charge is 0.491 e. The molecular formula is C25H49NO2. The first-order chi connectivity index (χ1) is 13.7. The number of ether oxygens (including phenoxy) is 2. The van der Waals surface area contributed by atoms with Crippen LogP contribution in [0.4, 0.5) is 0 Å². The van der Waals surface area contributed by atoms with E-state index < -0.39 is 0 Å². The van der Waals surface area contributed by atoms with Crippen LogP contribution in [-0.4, -0.2) is 44.4 Å². The van der Waals surface area contributed by atoms with Gasteiger partial charge in [-0.3, -0.25) is 4.90 Å². The lowest BCUT2D eigenvalue weighted by Crippen LogP contribution is -2.40. The number of hydrogen-bond acceptors (Lipinski definition) is 3. The minimum atomic E-state index is 0.138. The Hall–Kier alpha value is -0.540. The molecule has 0 spiro atoms. The van der Waals surface area contributed by atoms with Crippen molar-refractivity contribution in [2.45, 2.75) is 111 Å². The van der Waals surface area contributed by atoms with Crippen LogP contribution in [0.2, 0.25) is 0 Å². The third-order valence-electron chi connectivity index (χ3n) is 6.38. The molecule has 0 aliphatic carbocycles. The topological polar surface area (TPSA) is 21.7 Å². The zero-order valence-electron chi connectivity index (χ0n) is 19.7. The molecule has 2 unspecified atom stereocenters. The molecule has 2 atom stereocenters. The van der Waals surface area contributed by atoms with Crippen LogP contribution >= 0.6 is 0 Å². The van der Waals surface area contributed by atoms with E-state index in [1.165, 1.54) is 89.5 Å². The summed E-state index contributed by atoms with van der Waals surface area (Å²) >= 11 is 0. The summed E-state index contributed by atoms with van der Waals surface area (Å²) in [6.45, 7) is 13.3. The van der Waals surface area contributed by atoms with E-state index in [1.54, 1.807) is 7.11 Å². The molecule has 0 radical (unpaired) electrons. The van der Waals surface area contributed by atoms with Crippen LogP contribution < -0.4 is 0 Å². The standard InChI is InChI=1S/C25H49NO2/c1-6-10-11-13-18-25(9-4,17-8-3)24(16-7-2)28-23(22-27-5)21-26-19-14-12-15-20-26/h16,23H,6-15,17-22H2,1-5H3/b24-16+. The average Bonchev–Trinajstić information content (AvgIpc) is 2.71. The highest BCUT2D eigenvalue weighted by Gasteiger charge is 2.34. The lowest BCUT2D eigenvalue weighted by molar-refractivity contribution is -0.0180. The van der Waals surface area contributed by atoms with Gasteiger partial charge in [0.2, 0.25) is 0 Å². The molecule has 1 aliphatic rings. The Kier molecular flexibility index (Phi) is 14.0. The first kappa shape index (κ1) is 25.5. The Morgan fingerprint density at radius 1 is 0.964 bits per heavy atom. The van der Waals surface area contributed by atoms with Crippen molar-refractivity contribution >= 4 is 0 Å². The predicted molar refractivity (Wildman–Crippen MR) is 122 cm³/mol. The minimum Gasteiger partial charge on any atom is -0.491 e. The zero-order chi connectivity index (χ0) is 20.7. The van der Waals surface area contributed by atoms with Crippen molar-refractivity contribution in [3.63, 3.8) is 0 Å². The molecular weight excluding hydrogens is 346 g/mol. The van der Waals surface area contributed by atoms with Gasteiger partial charge in [-0.15, -0.1) is 0 Å². The van der Waals surface area contributed by atoms with Crippen LogP contribution in [0.3, 0.4) is 0 Å². The van der Waals surface area contributed by atoms with Crippen LogP contribution in [-0.2, 0) is 9.47 Å². The summed E-state index contributed by atoms with van der Waals surface area (Å²) in [4.78, 5) is 2.57. The van der Waals surface area contributed by atoms with Gasteiger partial charge in [0.1, 0.15) is 6.10 Å². The van der Waals surface area contributed by atoms with Gasteiger partial charge in [-0.2, -0.15) is 0 Å². The SMILES string of the molecule is CC/C=C(/OC(COC)CN1CCCCC1)C(CC)(CCC)CCCCCC. The van der Waals surface area contributed by atoms with Gasteiger partial charge in [-0.25, -0.2) is 0 Å². The number of allylic oxidation sites excluding steroid dienone is 2. The van der Waals surface area contributed by atoms with Gasteiger partial charge in [0.05, 0.1) is 12.4 Å². The fourth-order valence-corrected chi connectivity index (χ4v) is 4.76. The van der Waals surface area contributed by atoms with Crippen molar-refractivity contribution in [1.29, 1.82) is 0 Å². The number of rotatable bonds is 16. The molecule has 1 aliphatic heterocycles. The average molecular weight is 396 g/mol. The zero-order valence-corrected chi connectivity index (χ0v) is 19.7. The lowest BCUT2D eigenvalue weighted by atomic mass is 9.74. The second-order valence-corrected chi connectivity index (χ2v) is 8.73. The molecule has 0 saturated carbocycles. The maximum absolute atomic E-state index is 6.79. The molecule has 1 heterocycles. The fraction of sp³-hybridized carbons (Fsp3) is 0.920. The van der Waals surface area contributed by atoms with E-state index in [0.29, 0.717) is 6.61 Å². The van der Waals surface area contributed by atoms with E-state index in [2.05, 4.69) is 38.7 Å². The minimum absolute atomic E-state index is 0.138. The first-order valence-corrected chi connectivity index (χ1v) is 12.2. The Bertz CT molecular complexity index is 403. The summed E-state index contributed by atoms with van der Waals surface area (Å²) in [6, 6.07) is 0. The molecule has 0 aromatic carbocycles. The third-order valence-corrected chi connectivity index (χ3v) is 6.38. The number of piperidine rings is 1. The number of methoxy groups -OCH3 is 1. The van der Waals surface area contributed by atoms with Gasteiger partial charge in [0.15, 0.2) is 0 Å². The van der Waals surface area contributed by atoms with Crippen molar-refractivity contribution in [3.05, 3.63) is 11.8 Å².